The Morgan fingerprint density at radius 2 is 1.57 bits per heavy atom. The Kier molecular flexibility index (Phi) is 9.47. The van der Waals surface area contributed by atoms with Crippen LogP contribution in [-0.4, -0.2) is 45.2 Å². The number of carbonyl (C=O) groups is 2. The fourth-order valence-electron chi connectivity index (χ4n) is 4.47. The molecule has 0 fully saturated rings. The van der Waals surface area contributed by atoms with Crippen LogP contribution in [0.2, 0.25) is 23.7 Å². The molecule has 1 heterocycles. The van der Waals surface area contributed by atoms with Gasteiger partial charge in [-0.1, -0.05) is 52.2 Å². The average molecular weight is 410 g/mol. The van der Waals surface area contributed by atoms with Crippen LogP contribution in [0.15, 0.2) is 23.0 Å². The highest BCUT2D eigenvalue weighted by Gasteiger charge is 2.48. The SMILES string of the molecule is CCCCC1=CN(C(C)C)C(C(=O)OC)=C(C(=O)OC)C1[Si](CC)(CC)CC. The van der Waals surface area contributed by atoms with Crippen LogP contribution in [0.5, 0.6) is 0 Å². The summed E-state index contributed by atoms with van der Waals surface area (Å²) in [5.74, 6) is -0.860. The second-order valence-corrected chi connectivity index (χ2v) is 13.3. The number of hydrogen-bond donors (Lipinski definition) is 0. The third-order valence-corrected chi connectivity index (χ3v) is 12.5. The molecule has 1 aliphatic rings. The summed E-state index contributed by atoms with van der Waals surface area (Å²) in [6, 6.07) is 3.22. The van der Waals surface area contributed by atoms with Gasteiger partial charge in [0.1, 0.15) is 5.70 Å². The van der Waals surface area contributed by atoms with Crippen molar-refractivity contribution in [3.05, 3.63) is 23.0 Å². The highest BCUT2D eigenvalue weighted by Crippen LogP contribution is 2.49. The van der Waals surface area contributed by atoms with E-state index in [0.29, 0.717) is 11.3 Å². The summed E-state index contributed by atoms with van der Waals surface area (Å²) in [5, 5.41) is 0. The van der Waals surface area contributed by atoms with Crippen LogP contribution in [0.4, 0.5) is 0 Å². The van der Waals surface area contributed by atoms with Gasteiger partial charge in [0.05, 0.1) is 27.9 Å². The van der Waals surface area contributed by atoms with Crippen molar-refractivity contribution in [3.8, 4) is 0 Å². The summed E-state index contributed by atoms with van der Waals surface area (Å²) in [6.07, 6.45) is 5.23. The molecule has 5 nitrogen and oxygen atoms in total. The van der Waals surface area contributed by atoms with Crippen molar-refractivity contribution in [1.29, 1.82) is 0 Å². The van der Waals surface area contributed by atoms with Gasteiger partial charge in [0.25, 0.3) is 0 Å². The lowest BCUT2D eigenvalue weighted by Gasteiger charge is -2.45. The van der Waals surface area contributed by atoms with Gasteiger partial charge in [-0.25, -0.2) is 9.59 Å². The van der Waals surface area contributed by atoms with E-state index in [2.05, 4.69) is 33.9 Å². The lowest BCUT2D eigenvalue weighted by atomic mass is 9.94. The number of ether oxygens (including phenoxy) is 2. The minimum atomic E-state index is -1.90. The molecule has 0 aromatic carbocycles. The van der Waals surface area contributed by atoms with E-state index in [0.717, 1.165) is 37.4 Å². The smallest absolute Gasteiger partial charge is 0.355 e. The normalized spacial score (nSPS) is 17.7. The van der Waals surface area contributed by atoms with E-state index in [9.17, 15) is 9.59 Å². The molecule has 1 rings (SSSR count). The Labute approximate surface area is 172 Å². The van der Waals surface area contributed by atoms with Crippen molar-refractivity contribution in [1.82, 2.24) is 4.90 Å². The molecule has 1 atom stereocenters. The van der Waals surface area contributed by atoms with E-state index in [1.807, 2.05) is 18.7 Å². The highest BCUT2D eigenvalue weighted by atomic mass is 28.3. The zero-order chi connectivity index (χ0) is 21.5. The van der Waals surface area contributed by atoms with E-state index in [1.165, 1.54) is 19.8 Å². The number of methoxy groups -OCH3 is 2. The first-order valence-corrected chi connectivity index (χ1v) is 13.4. The molecule has 0 aliphatic carbocycles. The lowest BCUT2D eigenvalue weighted by molar-refractivity contribution is -0.141. The van der Waals surface area contributed by atoms with Gasteiger partial charge in [-0.05, 0) is 32.3 Å². The maximum atomic E-state index is 13.1. The van der Waals surface area contributed by atoms with Crippen LogP contribution in [-0.2, 0) is 19.1 Å². The highest BCUT2D eigenvalue weighted by molar-refractivity contribution is 6.82. The van der Waals surface area contributed by atoms with E-state index < -0.39 is 20.0 Å². The topological polar surface area (TPSA) is 55.8 Å². The van der Waals surface area contributed by atoms with Crippen LogP contribution < -0.4 is 0 Å². The molecular formula is C22H39NO4Si. The fraction of sp³-hybridized carbons (Fsp3) is 0.727. The Hall–Kier alpha value is -1.56. The molecule has 28 heavy (non-hydrogen) atoms. The van der Waals surface area contributed by atoms with Crippen LogP contribution in [0.3, 0.4) is 0 Å². The zero-order valence-corrected chi connectivity index (χ0v) is 20.1. The molecule has 6 heteroatoms. The van der Waals surface area contributed by atoms with E-state index in [1.54, 1.807) is 0 Å². The first kappa shape index (κ1) is 24.5. The van der Waals surface area contributed by atoms with Gasteiger partial charge in [-0.3, -0.25) is 0 Å². The summed E-state index contributed by atoms with van der Waals surface area (Å²) in [5.41, 5.74) is 2.16. The van der Waals surface area contributed by atoms with Crippen LogP contribution in [0.25, 0.3) is 0 Å². The molecule has 0 aromatic rings. The van der Waals surface area contributed by atoms with Crippen molar-refractivity contribution in [2.45, 2.75) is 90.5 Å². The molecule has 0 N–H and O–H groups in total. The van der Waals surface area contributed by atoms with Crippen LogP contribution in [0.1, 0.15) is 60.8 Å². The third kappa shape index (κ3) is 4.70. The quantitative estimate of drug-likeness (QED) is 0.364. The van der Waals surface area contributed by atoms with Crippen molar-refractivity contribution in [2.75, 3.05) is 14.2 Å². The number of allylic oxidation sites excluding steroid dienone is 1. The molecular weight excluding hydrogens is 370 g/mol. The molecule has 1 aliphatic heterocycles. The van der Waals surface area contributed by atoms with Crippen molar-refractivity contribution < 1.29 is 19.1 Å². The molecule has 160 valence electrons. The number of nitrogens with zero attached hydrogens (tertiary/aromatic N) is 1. The third-order valence-electron chi connectivity index (χ3n) is 6.36. The van der Waals surface area contributed by atoms with Gasteiger partial charge in [0.15, 0.2) is 0 Å². The molecule has 0 bridgehead atoms. The van der Waals surface area contributed by atoms with Crippen LogP contribution >= 0.6 is 0 Å². The molecule has 0 saturated carbocycles. The Morgan fingerprint density at radius 1 is 1.04 bits per heavy atom. The van der Waals surface area contributed by atoms with Gasteiger partial charge in [0, 0.05) is 17.8 Å². The second kappa shape index (κ2) is 10.8. The van der Waals surface area contributed by atoms with Crippen molar-refractivity contribution >= 4 is 20.0 Å². The molecule has 0 radical (unpaired) electrons. The van der Waals surface area contributed by atoms with Crippen molar-refractivity contribution in [3.63, 3.8) is 0 Å². The fourth-order valence-corrected chi connectivity index (χ4v) is 9.07. The summed E-state index contributed by atoms with van der Waals surface area (Å²) in [7, 11) is 0.876. The van der Waals surface area contributed by atoms with E-state index >= 15 is 0 Å². The Balaban J connectivity index is 3.87. The number of rotatable bonds is 10. The van der Waals surface area contributed by atoms with Crippen molar-refractivity contribution in [2.24, 2.45) is 0 Å². The Bertz CT molecular complexity index is 612. The van der Waals surface area contributed by atoms with Gasteiger partial charge >= 0.3 is 11.9 Å². The first-order chi connectivity index (χ1) is 13.3. The van der Waals surface area contributed by atoms with Gasteiger partial charge in [-0.2, -0.15) is 0 Å². The maximum absolute atomic E-state index is 13.1. The second-order valence-electron chi connectivity index (χ2n) is 7.91. The number of hydrogen-bond acceptors (Lipinski definition) is 5. The molecule has 0 amide bonds. The predicted octanol–water partition coefficient (Wildman–Crippen LogP) is 5.26. The summed E-state index contributed by atoms with van der Waals surface area (Å²) in [4.78, 5) is 27.8. The predicted molar refractivity (Wildman–Crippen MR) is 117 cm³/mol. The first-order valence-electron chi connectivity index (χ1n) is 10.7. The standard InChI is InChI=1S/C22H39NO4Si/c1-9-13-14-17-15-23(16(5)6)19(22(25)27-8)18(21(24)26-7)20(17)28(10-2,11-3)12-4/h15-16,20H,9-14H2,1-8H3. The molecule has 0 aromatic heterocycles. The monoisotopic (exact) mass is 409 g/mol. The van der Waals surface area contributed by atoms with E-state index in [4.69, 9.17) is 9.47 Å². The van der Waals surface area contributed by atoms with Gasteiger partial charge in [0.2, 0.25) is 0 Å². The lowest BCUT2D eigenvalue weighted by Crippen LogP contribution is -2.46. The van der Waals surface area contributed by atoms with Gasteiger partial charge in [-0.15, -0.1) is 0 Å². The summed E-state index contributed by atoms with van der Waals surface area (Å²) < 4.78 is 10.3. The molecule has 0 saturated heterocycles. The zero-order valence-electron chi connectivity index (χ0n) is 19.1. The number of unbranched alkanes of at least 4 members (excludes halogenated alkanes) is 1. The average Bonchev–Trinajstić information content (AvgIpc) is 2.72. The van der Waals surface area contributed by atoms with Crippen LogP contribution in [0, 0.1) is 0 Å². The number of carbonyl (C=O) groups excluding carboxylic acids is 2. The largest absolute Gasteiger partial charge is 0.466 e. The summed E-state index contributed by atoms with van der Waals surface area (Å²) in [6.45, 7) is 12.9. The molecule has 1 unspecified atom stereocenters. The Morgan fingerprint density at radius 3 is 1.96 bits per heavy atom. The number of esters is 2. The van der Waals surface area contributed by atoms with Gasteiger partial charge < -0.3 is 14.4 Å². The maximum Gasteiger partial charge on any atom is 0.355 e. The minimum Gasteiger partial charge on any atom is -0.466 e. The summed E-state index contributed by atoms with van der Waals surface area (Å²) >= 11 is 0. The molecule has 0 spiro atoms. The van der Waals surface area contributed by atoms with E-state index in [-0.39, 0.29) is 11.6 Å². The minimum absolute atomic E-state index is 0.00407.